The average molecular weight is 242 g/mol. The monoisotopic (exact) mass is 242 g/mol. The summed E-state index contributed by atoms with van der Waals surface area (Å²) in [6, 6.07) is 0. The van der Waals surface area contributed by atoms with Gasteiger partial charge in [-0.25, -0.2) is 4.98 Å². The highest BCUT2D eigenvalue weighted by Crippen LogP contribution is 2.23. The number of aliphatic hydroxyl groups excluding tert-OH is 1. The number of amides is 1. The third-order valence-electron chi connectivity index (χ3n) is 2.11. The fraction of sp³-hybridized carbons (Fsp3) is 0.636. The van der Waals surface area contributed by atoms with E-state index in [-0.39, 0.29) is 11.3 Å². The van der Waals surface area contributed by atoms with Crippen molar-refractivity contribution in [2.75, 3.05) is 0 Å². The van der Waals surface area contributed by atoms with Crippen LogP contribution >= 0.6 is 11.3 Å². The van der Waals surface area contributed by atoms with E-state index in [0.717, 1.165) is 10.7 Å². The minimum atomic E-state index is -0.970. The number of aromatic nitrogens is 1. The molecule has 0 radical (unpaired) electrons. The van der Waals surface area contributed by atoms with Gasteiger partial charge < -0.3 is 10.4 Å². The van der Waals surface area contributed by atoms with E-state index in [1.807, 2.05) is 5.38 Å². The number of nitrogens with zero attached hydrogens (tertiary/aromatic N) is 1. The Morgan fingerprint density at radius 3 is 2.69 bits per heavy atom. The van der Waals surface area contributed by atoms with Crippen LogP contribution in [0.5, 0.6) is 0 Å². The van der Waals surface area contributed by atoms with Crippen molar-refractivity contribution >= 4 is 17.2 Å². The topological polar surface area (TPSA) is 62.2 Å². The lowest BCUT2D eigenvalue weighted by atomic mass is 9.93. The van der Waals surface area contributed by atoms with Gasteiger partial charge in [-0.3, -0.25) is 4.79 Å². The van der Waals surface area contributed by atoms with E-state index in [2.05, 4.69) is 31.1 Å². The normalized spacial score (nSPS) is 13.6. The first kappa shape index (κ1) is 13.1. The van der Waals surface area contributed by atoms with Gasteiger partial charge in [-0.2, -0.15) is 0 Å². The first-order chi connectivity index (χ1) is 7.30. The minimum absolute atomic E-state index is 0.0308. The molecule has 0 aromatic carbocycles. The highest BCUT2D eigenvalue weighted by Gasteiger charge is 2.17. The molecule has 5 heteroatoms. The van der Waals surface area contributed by atoms with Crippen molar-refractivity contribution < 1.29 is 9.90 Å². The van der Waals surface area contributed by atoms with Crippen LogP contribution in [0.2, 0.25) is 0 Å². The Balaban J connectivity index is 2.57. The van der Waals surface area contributed by atoms with Crippen LogP contribution in [0.15, 0.2) is 5.38 Å². The Labute approximate surface area is 99.7 Å². The number of rotatable bonds is 3. The molecule has 0 fully saturated rings. The molecule has 0 bridgehead atoms. The Bertz CT molecular complexity index is 366. The van der Waals surface area contributed by atoms with E-state index in [4.69, 9.17) is 5.11 Å². The van der Waals surface area contributed by atoms with Gasteiger partial charge >= 0.3 is 0 Å². The largest absolute Gasteiger partial charge is 0.384 e. The zero-order valence-corrected chi connectivity index (χ0v) is 10.9. The fourth-order valence-corrected chi connectivity index (χ4v) is 2.01. The predicted molar refractivity (Wildman–Crippen MR) is 64.3 cm³/mol. The molecular weight excluding hydrogens is 224 g/mol. The molecule has 0 spiro atoms. The maximum atomic E-state index is 11.1. The number of hydrogen-bond donors (Lipinski definition) is 2. The van der Waals surface area contributed by atoms with Crippen LogP contribution in [0.25, 0.3) is 0 Å². The summed E-state index contributed by atoms with van der Waals surface area (Å²) >= 11 is 1.52. The Morgan fingerprint density at radius 1 is 1.62 bits per heavy atom. The number of nitrogens with one attached hydrogen (secondary N) is 1. The van der Waals surface area contributed by atoms with Gasteiger partial charge in [-0.05, 0) is 6.92 Å². The zero-order chi connectivity index (χ0) is 12.3. The van der Waals surface area contributed by atoms with E-state index in [0.29, 0.717) is 6.54 Å². The summed E-state index contributed by atoms with van der Waals surface area (Å²) in [7, 11) is 0. The predicted octanol–water partition coefficient (Wildman–Crippen LogP) is 1.44. The molecule has 16 heavy (non-hydrogen) atoms. The third kappa shape index (κ3) is 3.57. The summed E-state index contributed by atoms with van der Waals surface area (Å²) in [6.07, 6.45) is -0.970. The summed E-state index contributed by atoms with van der Waals surface area (Å²) in [5.41, 5.74) is 1.06. The molecule has 1 atom stereocenters. The van der Waals surface area contributed by atoms with E-state index < -0.39 is 6.10 Å². The number of hydrogen-bond acceptors (Lipinski definition) is 4. The molecule has 0 aliphatic carbocycles. The minimum Gasteiger partial charge on any atom is -0.384 e. The molecule has 4 nitrogen and oxygen atoms in total. The van der Waals surface area contributed by atoms with Crippen LogP contribution in [0.3, 0.4) is 0 Å². The maximum absolute atomic E-state index is 11.1. The molecule has 0 saturated heterocycles. The molecule has 1 heterocycles. The van der Waals surface area contributed by atoms with Crippen molar-refractivity contribution in [3.8, 4) is 0 Å². The zero-order valence-electron chi connectivity index (χ0n) is 10.1. The summed E-state index contributed by atoms with van der Waals surface area (Å²) in [5, 5.41) is 14.5. The first-order valence-electron chi connectivity index (χ1n) is 5.21. The van der Waals surface area contributed by atoms with Gasteiger partial charge in [0.1, 0.15) is 11.1 Å². The van der Waals surface area contributed by atoms with Crippen molar-refractivity contribution in [3.63, 3.8) is 0 Å². The first-order valence-corrected chi connectivity index (χ1v) is 6.09. The fourth-order valence-electron chi connectivity index (χ4n) is 1.05. The molecule has 2 N–H and O–H groups in total. The molecule has 1 rings (SSSR count). The standard InChI is InChI=1S/C11H18N2O2S/c1-7(14)10(15)12-5-9-13-8(6-16-9)11(2,3)4/h6-7,14H,5H2,1-4H3,(H,12,15). The summed E-state index contributed by atoms with van der Waals surface area (Å²) in [5.74, 6) is -0.368. The van der Waals surface area contributed by atoms with Crippen molar-refractivity contribution in [1.29, 1.82) is 0 Å². The molecule has 1 aromatic rings. The van der Waals surface area contributed by atoms with E-state index in [9.17, 15) is 4.79 Å². The molecule has 0 aliphatic heterocycles. The molecule has 1 aromatic heterocycles. The van der Waals surface area contributed by atoms with Crippen LogP contribution in [-0.4, -0.2) is 22.1 Å². The lowest BCUT2D eigenvalue weighted by Gasteiger charge is -2.14. The van der Waals surface area contributed by atoms with Gasteiger partial charge in [0.25, 0.3) is 0 Å². The van der Waals surface area contributed by atoms with Gasteiger partial charge in [0.15, 0.2) is 0 Å². The van der Waals surface area contributed by atoms with Crippen molar-refractivity contribution in [3.05, 3.63) is 16.1 Å². The molecule has 1 unspecified atom stereocenters. The second-order valence-electron chi connectivity index (χ2n) is 4.77. The van der Waals surface area contributed by atoms with Gasteiger partial charge in [0.05, 0.1) is 12.2 Å². The Morgan fingerprint density at radius 2 is 2.25 bits per heavy atom. The number of carbonyl (C=O) groups is 1. The van der Waals surface area contributed by atoms with Gasteiger partial charge in [-0.1, -0.05) is 20.8 Å². The number of aliphatic hydroxyl groups is 1. The lowest BCUT2D eigenvalue weighted by molar-refractivity contribution is -0.128. The lowest BCUT2D eigenvalue weighted by Crippen LogP contribution is -2.31. The number of thiazole rings is 1. The van der Waals surface area contributed by atoms with Crippen LogP contribution < -0.4 is 5.32 Å². The summed E-state index contributed by atoms with van der Waals surface area (Å²) < 4.78 is 0. The second-order valence-corrected chi connectivity index (χ2v) is 5.71. The Kier molecular flexibility index (Phi) is 4.04. The number of carbonyl (C=O) groups excluding carboxylic acids is 1. The molecule has 0 aliphatic rings. The van der Waals surface area contributed by atoms with Gasteiger partial charge in [0.2, 0.25) is 5.91 Å². The van der Waals surface area contributed by atoms with Crippen LogP contribution in [0, 0.1) is 0 Å². The molecule has 90 valence electrons. The Hall–Kier alpha value is -0.940. The highest BCUT2D eigenvalue weighted by molar-refractivity contribution is 7.09. The average Bonchev–Trinajstić information content (AvgIpc) is 2.61. The molecular formula is C11H18N2O2S. The molecule has 1 amide bonds. The quantitative estimate of drug-likeness (QED) is 0.843. The highest BCUT2D eigenvalue weighted by atomic mass is 32.1. The maximum Gasteiger partial charge on any atom is 0.248 e. The van der Waals surface area contributed by atoms with E-state index in [1.165, 1.54) is 18.3 Å². The summed E-state index contributed by atoms with van der Waals surface area (Å²) in [4.78, 5) is 15.6. The smallest absolute Gasteiger partial charge is 0.248 e. The van der Waals surface area contributed by atoms with E-state index in [1.54, 1.807) is 0 Å². The molecule has 0 saturated carbocycles. The van der Waals surface area contributed by atoms with Crippen molar-refractivity contribution in [1.82, 2.24) is 10.3 Å². The van der Waals surface area contributed by atoms with E-state index >= 15 is 0 Å². The van der Waals surface area contributed by atoms with Crippen LogP contribution in [0.1, 0.15) is 38.4 Å². The second kappa shape index (κ2) is 4.93. The van der Waals surface area contributed by atoms with Crippen molar-refractivity contribution in [2.45, 2.75) is 45.8 Å². The van der Waals surface area contributed by atoms with Crippen LogP contribution in [0.4, 0.5) is 0 Å². The van der Waals surface area contributed by atoms with Crippen molar-refractivity contribution in [2.24, 2.45) is 0 Å². The van der Waals surface area contributed by atoms with Crippen LogP contribution in [-0.2, 0) is 16.8 Å². The van der Waals surface area contributed by atoms with Gasteiger partial charge in [0, 0.05) is 10.8 Å². The summed E-state index contributed by atoms with van der Waals surface area (Å²) in [6.45, 7) is 8.11. The SMILES string of the molecule is CC(O)C(=O)NCc1nc(C(C)(C)C)cs1. The van der Waals surface area contributed by atoms with Gasteiger partial charge in [-0.15, -0.1) is 11.3 Å². The third-order valence-corrected chi connectivity index (χ3v) is 2.96.